The molecule has 7 heteroatoms. The van der Waals surface area contributed by atoms with Gasteiger partial charge in [0.15, 0.2) is 0 Å². The predicted octanol–water partition coefficient (Wildman–Crippen LogP) is 1.18. The highest BCUT2D eigenvalue weighted by atomic mass is 16.4. The van der Waals surface area contributed by atoms with Gasteiger partial charge >= 0.3 is 14.5 Å². The molecule has 1 aliphatic rings. The Hall–Kier alpha value is -2.24. The summed E-state index contributed by atoms with van der Waals surface area (Å²) in [7, 11) is 0.870. The predicted molar refractivity (Wildman–Crippen MR) is 93.5 cm³/mol. The van der Waals surface area contributed by atoms with E-state index in [0.717, 1.165) is 39.8 Å². The summed E-state index contributed by atoms with van der Waals surface area (Å²) in [5.41, 5.74) is 5.94. The van der Waals surface area contributed by atoms with E-state index >= 15 is 0 Å². The minimum atomic E-state index is -0.635. The van der Waals surface area contributed by atoms with Crippen LogP contribution in [0.1, 0.15) is 17.0 Å². The lowest BCUT2D eigenvalue weighted by molar-refractivity contribution is 0.282. The molecule has 0 amide bonds. The van der Waals surface area contributed by atoms with E-state index in [1.54, 1.807) is 6.82 Å². The van der Waals surface area contributed by atoms with Gasteiger partial charge < -0.3 is 20.0 Å². The lowest BCUT2D eigenvalue weighted by Gasteiger charge is -2.13. The third-order valence-electron chi connectivity index (χ3n) is 4.00. The van der Waals surface area contributed by atoms with E-state index in [4.69, 9.17) is 10.1 Å². The van der Waals surface area contributed by atoms with E-state index in [2.05, 4.69) is 5.23 Å². The highest BCUT2D eigenvalue weighted by molar-refractivity contribution is 6.52. The number of benzene rings is 2. The number of anilines is 1. The van der Waals surface area contributed by atoms with Crippen LogP contribution in [0.4, 0.5) is 5.69 Å². The van der Waals surface area contributed by atoms with Gasteiger partial charge in [-0.1, -0.05) is 24.3 Å². The summed E-state index contributed by atoms with van der Waals surface area (Å²) in [5, 5.41) is 29.2. The van der Waals surface area contributed by atoms with Crippen LogP contribution in [-0.2, 0) is 4.65 Å². The Labute approximate surface area is 136 Å². The van der Waals surface area contributed by atoms with Crippen molar-refractivity contribution in [2.45, 2.75) is 12.7 Å². The largest absolute Gasteiger partial charge is 0.550 e. The smallest absolute Gasteiger partial charge is 0.409 e. The first-order chi connectivity index (χ1) is 11.1. The summed E-state index contributed by atoms with van der Waals surface area (Å²) >= 11 is 0. The van der Waals surface area contributed by atoms with E-state index in [-0.39, 0.29) is 12.5 Å². The molecule has 23 heavy (non-hydrogen) atoms. The Morgan fingerprint density at radius 3 is 2.61 bits per heavy atom. The van der Waals surface area contributed by atoms with Gasteiger partial charge in [0.1, 0.15) is 6.40 Å². The fourth-order valence-electron chi connectivity index (χ4n) is 3.09. The fraction of sp³-hybridized carbons (Fsp3) is 0.188. The van der Waals surface area contributed by atoms with Crippen LogP contribution < -0.4 is 10.7 Å². The van der Waals surface area contributed by atoms with Crippen molar-refractivity contribution in [2.24, 2.45) is 0 Å². The molecule has 0 fully saturated rings. The maximum Gasteiger partial charge on any atom is 0.409 e. The van der Waals surface area contributed by atoms with Gasteiger partial charge in [0.05, 0.1) is 6.61 Å². The fourth-order valence-corrected chi connectivity index (χ4v) is 3.09. The third kappa shape index (κ3) is 2.98. The lowest BCUT2D eigenvalue weighted by atomic mass is 9.84. The number of hydrogen-bond acceptors (Lipinski definition) is 5. The molecule has 1 unspecified atom stereocenters. The van der Waals surface area contributed by atoms with Gasteiger partial charge in [-0.25, -0.2) is 0 Å². The van der Waals surface area contributed by atoms with Crippen LogP contribution in [0.15, 0.2) is 36.4 Å². The normalized spacial score (nSPS) is 14.7. The topological polar surface area (TPSA) is 85.6 Å². The Kier molecular flexibility index (Phi) is 4.41. The summed E-state index contributed by atoms with van der Waals surface area (Å²) in [6.07, 6.45) is 0.875. The van der Waals surface area contributed by atoms with E-state index < -0.39 is 7.05 Å². The molecule has 0 heterocycles. The number of fused-ring (bicyclic) bond motifs is 3. The molecule has 0 saturated carbocycles. The van der Waals surface area contributed by atoms with Crippen LogP contribution in [-0.4, -0.2) is 37.7 Å². The quantitative estimate of drug-likeness (QED) is 0.367. The lowest BCUT2D eigenvalue weighted by Crippen LogP contribution is -2.19. The summed E-state index contributed by atoms with van der Waals surface area (Å²) < 4.78 is 4.90. The summed E-state index contributed by atoms with van der Waals surface area (Å²) in [6, 6.07) is 11.8. The van der Waals surface area contributed by atoms with Crippen LogP contribution >= 0.6 is 0 Å². The number of nitrogens with one attached hydrogen (secondary N) is 2. The van der Waals surface area contributed by atoms with Crippen LogP contribution in [0, 0.1) is 5.41 Å². The van der Waals surface area contributed by atoms with Crippen LogP contribution in [0.25, 0.3) is 11.1 Å². The molecule has 1 atom stereocenters. The first-order valence-electron chi connectivity index (χ1n) is 7.45. The maximum absolute atomic E-state index is 9.85. The van der Waals surface area contributed by atoms with Crippen molar-refractivity contribution in [2.75, 3.05) is 11.8 Å². The van der Waals surface area contributed by atoms with Gasteiger partial charge in [0, 0.05) is 11.6 Å². The molecule has 0 saturated heterocycles. The molecule has 0 aromatic heterocycles. The minimum Gasteiger partial charge on any atom is -0.550 e. The molecular weight excluding hydrogens is 290 g/mol. The molecule has 2 aromatic rings. The monoisotopic (exact) mass is 307 g/mol. The van der Waals surface area contributed by atoms with Gasteiger partial charge in [-0.15, -0.1) is 0 Å². The van der Waals surface area contributed by atoms with Crippen molar-refractivity contribution in [3.63, 3.8) is 0 Å². The molecule has 115 valence electrons. The molecule has 0 aliphatic heterocycles. The Bertz CT molecular complexity index is 737. The molecule has 0 spiro atoms. The number of aliphatic hydroxyl groups is 1. The van der Waals surface area contributed by atoms with Gasteiger partial charge in [-0.3, -0.25) is 5.41 Å². The van der Waals surface area contributed by atoms with Gasteiger partial charge in [-0.05, 0) is 46.7 Å². The molecule has 4 N–H and O–H groups in total. The number of rotatable bonds is 6. The zero-order valence-corrected chi connectivity index (χ0v) is 12.8. The molecular formula is C16H17B2N2O3. The van der Waals surface area contributed by atoms with Gasteiger partial charge in [0.25, 0.3) is 0 Å². The highest BCUT2D eigenvalue weighted by Crippen LogP contribution is 2.45. The van der Waals surface area contributed by atoms with Crippen LogP contribution in [0.5, 0.6) is 0 Å². The van der Waals surface area contributed by atoms with Crippen LogP contribution in [0.3, 0.4) is 0 Å². The van der Waals surface area contributed by atoms with Gasteiger partial charge in [-0.2, -0.15) is 0 Å². The Morgan fingerprint density at radius 1 is 1.26 bits per heavy atom. The SMILES string of the molecule is CB(O)Nc1ccc2c(c1)C(CO)c1cc([B]OC=N)ccc1-2. The zero-order valence-electron chi connectivity index (χ0n) is 12.8. The Balaban J connectivity index is 2.00. The van der Waals surface area contributed by atoms with E-state index in [1.807, 2.05) is 36.4 Å². The van der Waals surface area contributed by atoms with Crippen molar-refractivity contribution < 1.29 is 14.8 Å². The maximum atomic E-state index is 9.85. The summed E-state index contributed by atoms with van der Waals surface area (Å²) in [5.74, 6) is -0.107. The average molecular weight is 307 g/mol. The highest BCUT2D eigenvalue weighted by Gasteiger charge is 2.29. The molecule has 3 rings (SSSR count). The van der Waals surface area contributed by atoms with E-state index in [0.29, 0.717) is 0 Å². The van der Waals surface area contributed by atoms with Crippen molar-refractivity contribution in [3.8, 4) is 11.1 Å². The summed E-state index contributed by atoms with van der Waals surface area (Å²) in [4.78, 5) is 0. The second kappa shape index (κ2) is 6.48. The first kappa shape index (κ1) is 15.6. The molecule has 5 nitrogen and oxygen atoms in total. The second-order valence-electron chi connectivity index (χ2n) is 5.58. The first-order valence-corrected chi connectivity index (χ1v) is 7.45. The van der Waals surface area contributed by atoms with Crippen molar-refractivity contribution >= 4 is 32.1 Å². The third-order valence-corrected chi connectivity index (χ3v) is 4.00. The van der Waals surface area contributed by atoms with Crippen LogP contribution in [0.2, 0.25) is 6.82 Å². The molecule has 0 bridgehead atoms. The zero-order chi connectivity index (χ0) is 16.4. The molecule has 1 aliphatic carbocycles. The summed E-state index contributed by atoms with van der Waals surface area (Å²) in [6.45, 7) is 1.67. The average Bonchev–Trinajstić information content (AvgIpc) is 2.84. The van der Waals surface area contributed by atoms with Crippen molar-refractivity contribution in [1.82, 2.24) is 0 Å². The molecule has 2 aromatic carbocycles. The number of aliphatic hydroxyl groups excluding tert-OH is 1. The Morgan fingerprint density at radius 2 is 1.96 bits per heavy atom. The van der Waals surface area contributed by atoms with Crippen molar-refractivity contribution in [1.29, 1.82) is 5.41 Å². The number of hydrogen-bond donors (Lipinski definition) is 4. The standard InChI is InChI=1S/C16H17B2N2O3/c1-18(22)20-11-3-5-13-12-4-2-10(17-23-9-19)6-14(12)16(8-21)15(13)7-11/h2-7,9,16,19-22H,8H2,1H3. The molecule has 1 radical (unpaired) electrons. The van der Waals surface area contributed by atoms with Crippen molar-refractivity contribution in [3.05, 3.63) is 47.5 Å². The van der Waals surface area contributed by atoms with Gasteiger partial charge in [0.2, 0.25) is 0 Å². The minimum absolute atomic E-state index is 0.00696. The van der Waals surface area contributed by atoms with E-state index in [9.17, 15) is 10.1 Å². The van der Waals surface area contributed by atoms with E-state index in [1.165, 1.54) is 7.48 Å². The second-order valence-corrected chi connectivity index (χ2v) is 5.58.